The van der Waals surface area contributed by atoms with Crippen LogP contribution in [0.25, 0.3) is 0 Å². The molecular formula is C13H18BrNO2. The first-order valence-corrected chi connectivity index (χ1v) is 6.38. The molecule has 0 aromatic heterocycles. The predicted octanol–water partition coefficient (Wildman–Crippen LogP) is 3.09. The zero-order chi connectivity index (χ0) is 12.8. The Morgan fingerprint density at radius 3 is 2.76 bits per heavy atom. The van der Waals surface area contributed by atoms with Gasteiger partial charge in [0.25, 0.3) is 0 Å². The number of Topliss-reactive ketones (excluding diaryl/α,β-unsaturated/α-hetero) is 1. The molecule has 1 aromatic rings. The van der Waals surface area contributed by atoms with Gasteiger partial charge < -0.3 is 14.8 Å². The highest BCUT2D eigenvalue weighted by Crippen LogP contribution is 2.30. The smallest absolute Gasteiger partial charge is 0.129 e. The molecule has 0 radical (unpaired) electrons. The van der Waals surface area contributed by atoms with Gasteiger partial charge in [0.2, 0.25) is 0 Å². The minimum absolute atomic E-state index is 0.131. The summed E-state index contributed by atoms with van der Waals surface area (Å²) < 4.78 is 6.35. The van der Waals surface area contributed by atoms with Crippen molar-refractivity contribution in [2.45, 2.75) is 25.8 Å². The Balaban J connectivity index is 2.93. The number of nitrogens with one attached hydrogen (secondary N) is 1. The fourth-order valence-electron chi connectivity index (χ4n) is 1.78. The average molecular weight is 300 g/mol. The summed E-state index contributed by atoms with van der Waals surface area (Å²) in [7, 11) is 3.55. The molecule has 1 rings (SSSR count). The van der Waals surface area contributed by atoms with Gasteiger partial charge in [-0.25, -0.2) is 0 Å². The molecule has 0 heterocycles. The van der Waals surface area contributed by atoms with Gasteiger partial charge in [-0.3, -0.25) is 0 Å². The number of halogens is 1. The lowest BCUT2D eigenvalue weighted by Crippen LogP contribution is -2.18. The number of carbonyl (C=O) groups excluding carboxylic acids is 1. The molecule has 0 aliphatic heterocycles. The first-order chi connectivity index (χ1) is 8.08. The first-order valence-electron chi connectivity index (χ1n) is 5.58. The zero-order valence-corrected chi connectivity index (χ0v) is 12.0. The zero-order valence-electron chi connectivity index (χ0n) is 10.4. The third-order valence-electron chi connectivity index (χ3n) is 2.70. The SMILES string of the molecule is CNC(CCC(C)=O)c1cc(Br)ccc1OC. The van der Waals surface area contributed by atoms with E-state index in [1.54, 1.807) is 14.0 Å². The van der Waals surface area contributed by atoms with E-state index in [-0.39, 0.29) is 11.8 Å². The molecule has 1 aromatic carbocycles. The monoisotopic (exact) mass is 299 g/mol. The number of hydrogen-bond donors (Lipinski definition) is 1. The number of ketones is 1. The molecule has 1 unspecified atom stereocenters. The van der Waals surface area contributed by atoms with Crippen molar-refractivity contribution in [1.82, 2.24) is 5.32 Å². The quantitative estimate of drug-likeness (QED) is 0.877. The van der Waals surface area contributed by atoms with Crippen LogP contribution in [0.2, 0.25) is 0 Å². The molecule has 0 amide bonds. The third kappa shape index (κ3) is 4.13. The molecule has 17 heavy (non-hydrogen) atoms. The van der Waals surface area contributed by atoms with Gasteiger partial charge in [0.1, 0.15) is 11.5 Å². The molecule has 1 atom stereocenters. The maximum atomic E-state index is 11.0. The molecule has 0 bridgehead atoms. The molecule has 0 saturated heterocycles. The van der Waals surface area contributed by atoms with Crippen molar-refractivity contribution < 1.29 is 9.53 Å². The Morgan fingerprint density at radius 2 is 2.24 bits per heavy atom. The number of hydrogen-bond acceptors (Lipinski definition) is 3. The second kappa shape index (κ2) is 6.77. The Morgan fingerprint density at radius 1 is 1.53 bits per heavy atom. The van der Waals surface area contributed by atoms with Gasteiger partial charge in [-0.1, -0.05) is 15.9 Å². The summed E-state index contributed by atoms with van der Waals surface area (Å²) in [6.45, 7) is 1.62. The molecule has 0 spiro atoms. The maximum absolute atomic E-state index is 11.0. The summed E-state index contributed by atoms with van der Waals surface area (Å²) in [6.07, 6.45) is 1.35. The van der Waals surface area contributed by atoms with Crippen LogP contribution in [0.4, 0.5) is 0 Å². The van der Waals surface area contributed by atoms with Crippen LogP contribution >= 0.6 is 15.9 Å². The number of ether oxygens (including phenoxy) is 1. The van der Waals surface area contributed by atoms with Crippen LogP contribution in [0.3, 0.4) is 0 Å². The van der Waals surface area contributed by atoms with E-state index in [0.29, 0.717) is 6.42 Å². The lowest BCUT2D eigenvalue weighted by Gasteiger charge is -2.19. The van der Waals surface area contributed by atoms with Crippen LogP contribution in [-0.2, 0) is 4.79 Å². The second-order valence-electron chi connectivity index (χ2n) is 3.97. The molecule has 0 fully saturated rings. The molecule has 3 nitrogen and oxygen atoms in total. The highest BCUT2D eigenvalue weighted by molar-refractivity contribution is 9.10. The van der Waals surface area contributed by atoms with E-state index < -0.39 is 0 Å². The normalized spacial score (nSPS) is 12.2. The van der Waals surface area contributed by atoms with Gasteiger partial charge >= 0.3 is 0 Å². The van der Waals surface area contributed by atoms with E-state index in [4.69, 9.17) is 4.74 Å². The van der Waals surface area contributed by atoms with Gasteiger partial charge in [0.15, 0.2) is 0 Å². The van der Waals surface area contributed by atoms with Crippen molar-refractivity contribution in [2.75, 3.05) is 14.2 Å². The number of rotatable bonds is 6. The minimum Gasteiger partial charge on any atom is -0.496 e. The van der Waals surface area contributed by atoms with E-state index in [9.17, 15) is 4.79 Å². The largest absolute Gasteiger partial charge is 0.496 e. The van der Waals surface area contributed by atoms with Crippen molar-refractivity contribution in [3.63, 3.8) is 0 Å². The van der Waals surface area contributed by atoms with E-state index in [2.05, 4.69) is 21.2 Å². The van der Waals surface area contributed by atoms with Gasteiger partial charge in [0, 0.05) is 22.5 Å². The average Bonchev–Trinajstić information content (AvgIpc) is 2.30. The lowest BCUT2D eigenvalue weighted by molar-refractivity contribution is -0.117. The number of methoxy groups -OCH3 is 1. The molecule has 0 saturated carbocycles. The van der Waals surface area contributed by atoms with E-state index in [0.717, 1.165) is 22.2 Å². The lowest BCUT2D eigenvalue weighted by atomic mass is 10.00. The topological polar surface area (TPSA) is 38.3 Å². The molecule has 0 aliphatic rings. The first kappa shape index (κ1) is 14.2. The summed E-state index contributed by atoms with van der Waals surface area (Å²) >= 11 is 3.45. The Labute approximate surface area is 111 Å². The van der Waals surface area contributed by atoms with Crippen molar-refractivity contribution in [1.29, 1.82) is 0 Å². The molecule has 94 valence electrons. The second-order valence-corrected chi connectivity index (χ2v) is 4.88. The standard InChI is InChI=1S/C13H18BrNO2/c1-9(16)4-6-12(15-2)11-8-10(14)5-7-13(11)17-3/h5,7-8,12,15H,4,6H2,1-3H3. The summed E-state index contributed by atoms with van der Waals surface area (Å²) in [6, 6.07) is 6.03. The number of benzene rings is 1. The Hall–Kier alpha value is -0.870. The van der Waals surface area contributed by atoms with Gasteiger partial charge in [-0.05, 0) is 38.6 Å². The van der Waals surface area contributed by atoms with Gasteiger partial charge in [0.05, 0.1) is 7.11 Å². The summed E-state index contributed by atoms with van der Waals surface area (Å²) in [4.78, 5) is 11.0. The minimum atomic E-state index is 0.131. The Kier molecular flexibility index (Phi) is 5.65. The van der Waals surface area contributed by atoms with Gasteiger partial charge in [-0.15, -0.1) is 0 Å². The van der Waals surface area contributed by atoms with Gasteiger partial charge in [-0.2, -0.15) is 0 Å². The van der Waals surface area contributed by atoms with Crippen LogP contribution in [0.5, 0.6) is 5.75 Å². The fraction of sp³-hybridized carbons (Fsp3) is 0.462. The van der Waals surface area contributed by atoms with Crippen molar-refractivity contribution in [2.24, 2.45) is 0 Å². The van der Waals surface area contributed by atoms with E-state index in [1.807, 2.05) is 25.2 Å². The molecule has 4 heteroatoms. The van der Waals surface area contributed by atoms with Crippen LogP contribution in [0.15, 0.2) is 22.7 Å². The molecule has 1 N–H and O–H groups in total. The fourth-order valence-corrected chi connectivity index (χ4v) is 2.16. The highest BCUT2D eigenvalue weighted by atomic mass is 79.9. The highest BCUT2D eigenvalue weighted by Gasteiger charge is 2.15. The summed E-state index contributed by atoms with van der Waals surface area (Å²) in [5.74, 6) is 1.05. The maximum Gasteiger partial charge on any atom is 0.129 e. The van der Waals surface area contributed by atoms with Crippen LogP contribution in [0, 0.1) is 0 Å². The van der Waals surface area contributed by atoms with Crippen molar-refractivity contribution in [3.8, 4) is 5.75 Å². The molecular weight excluding hydrogens is 282 g/mol. The predicted molar refractivity (Wildman–Crippen MR) is 72.4 cm³/mol. The van der Waals surface area contributed by atoms with Crippen LogP contribution in [-0.4, -0.2) is 19.9 Å². The van der Waals surface area contributed by atoms with Crippen LogP contribution in [0.1, 0.15) is 31.4 Å². The number of carbonyl (C=O) groups is 1. The van der Waals surface area contributed by atoms with Crippen molar-refractivity contribution >= 4 is 21.7 Å². The Bertz CT molecular complexity index is 393. The van der Waals surface area contributed by atoms with E-state index in [1.165, 1.54) is 0 Å². The van der Waals surface area contributed by atoms with Crippen LogP contribution < -0.4 is 10.1 Å². The summed E-state index contributed by atoms with van der Waals surface area (Å²) in [5.41, 5.74) is 1.07. The third-order valence-corrected chi connectivity index (χ3v) is 3.19. The van der Waals surface area contributed by atoms with Crippen molar-refractivity contribution in [3.05, 3.63) is 28.2 Å². The summed E-state index contributed by atoms with van der Waals surface area (Å²) in [5, 5.41) is 3.22. The van der Waals surface area contributed by atoms with E-state index >= 15 is 0 Å². The molecule has 0 aliphatic carbocycles.